The molecule has 0 aliphatic carbocycles. The van der Waals surface area contributed by atoms with Crippen molar-refractivity contribution in [2.24, 2.45) is 0 Å². The molecular weight excluding hydrogens is 610 g/mol. The van der Waals surface area contributed by atoms with Crippen LogP contribution in [-0.4, -0.2) is 7.11 Å². The van der Waals surface area contributed by atoms with E-state index in [4.69, 9.17) is 4.74 Å². The molecule has 5 heteroatoms. The Hall–Kier alpha value is -5.39. The van der Waals surface area contributed by atoms with Crippen molar-refractivity contribution in [3.8, 4) is 71.1 Å². The van der Waals surface area contributed by atoms with Crippen LogP contribution >= 0.6 is 11.3 Å². The second-order valence-electron chi connectivity index (χ2n) is 11.3. The van der Waals surface area contributed by atoms with Crippen LogP contribution in [0.4, 0.5) is 13.2 Å². The molecule has 47 heavy (non-hydrogen) atoms. The molecule has 0 N–H and O–H groups in total. The first-order valence-corrected chi connectivity index (χ1v) is 16.0. The van der Waals surface area contributed by atoms with Gasteiger partial charge in [-0.15, -0.1) is 11.3 Å². The van der Waals surface area contributed by atoms with Crippen molar-refractivity contribution in [2.45, 2.75) is 6.18 Å². The van der Waals surface area contributed by atoms with Crippen LogP contribution in [0.2, 0.25) is 0 Å². The minimum absolute atomic E-state index is 0.642. The van der Waals surface area contributed by atoms with Gasteiger partial charge in [0.2, 0.25) is 0 Å². The second-order valence-corrected chi connectivity index (χ2v) is 12.4. The molecule has 0 amide bonds. The highest BCUT2D eigenvalue weighted by Crippen LogP contribution is 2.37. The standard InChI is InChI=1S/C42H29F3OS/c1-46-39-24-20-37(21-25-39)41-27-26-40(47-41)36-16-14-34(15-17-36)32-8-6-30(7-9-32)28-2-4-29(5-3-28)31-10-12-33(13-11-31)35-18-22-38(23-19-35)42(43,44)45/h2-27H,1H3. The number of rotatable bonds is 7. The maximum absolute atomic E-state index is 12.9. The third-order valence-electron chi connectivity index (χ3n) is 8.35. The molecule has 1 heterocycles. The second kappa shape index (κ2) is 12.8. The number of hydrogen-bond donors (Lipinski definition) is 0. The fourth-order valence-corrected chi connectivity index (χ4v) is 6.66. The Balaban J connectivity index is 1.01. The van der Waals surface area contributed by atoms with Gasteiger partial charge in [0.05, 0.1) is 12.7 Å². The lowest BCUT2D eigenvalue weighted by atomic mass is 9.96. The molecule has 0 bridgehead atoms. The van der Waals surface area contributed by atoms with Gasteiger partial charge >= 0.3 is 6.18 Å². The van der Waals surface area contributed by atoms with Gasteiger partial charge in [-0.2, -0.15) is 13.2 Å². The van der Waals surface area contributed by atoms with Crippen molar-refractivity contribution < 1.29 is 17.9 Å². The first-order valence-electron chi connectivity index (χ1n) is 15.2. The molecule has 1 aromatic heterocycles. The van der Waals surface area contributed by atoms with Crippen LogP contribution in [0, 0.1) is 0 Å². The molecule has 0 unspecified atom stereocenters. The average Bonchev–Trinajstić information content (AvgIpc) is 3.62. The minimum atomic E-state index is -4.33. The summed E-state index contributed by atoms with van der Waals surface area (Å²) >= 11 is 1.78. The Kier molecular flexibility index (Phi) is 8.23. The number of methoxy groups -OCH3 is 1. The van der Waals surface area contributed by atoms with Gasteiger partial charge in [0.25, 0.3) is 0 Å². The summed E-state index contributed by atoms with van der Waals surface area (Å²) in [6.45, 7) is 0. The monoisotopic (exact) mass is 638 g/mol. The quantitative estimate of drug-likeness (QED) is 0.169. The SMILES string of the molecule is COc1ccc(-c2ccc(-c3ccc(-c4ccc(-c5ccc(-c6ccc(-c7ccc(C(F)(F)F)cc7)cc6)cc5)cc4)cc3)s2)cc1. The molecule has 0 saturated carbocycles. The summed E-state index contributed by atoms with van der Waals surface area (Å²) in [5, 5.41) is 0. The van der Waals surface area contributed by atoms with Crippen LogP contribution in [0.5, 0.6) is 5.75 Å². The molecule has 0 radical (unpaired) electrons. The van der Waals surface area contributed by atoms with E-state index in [0.717, 1.165) is 56.8 Å². The summed E-state index contributed by atoms with van der Waals surface area (Å²) in [7, 11) is 1.68. The number of alkyl halides is 3. The van der Waals surface area contributed by atoms with Gasteiger partial charge in [-0.25, -0.2) is 0 Å². The largest absolute Gasteiger partial charge is 0.497 e. The molecule has 0 spiro atoms. The van der Waals surface area contributed by atoms with E-state index in [0.29, 0.717) is 0 Å². The van der Waals surface area contributed by atoms with Gasteiger partial charge in [-0.05, 0) is 104 Å². The fraction of sp³-hybridized carbons (Fsp3) is 0.0476. The normalized spacial score (nSPS) is 11.4. The highest BCUT2D eigenvalue weighted by molar-refractivity contribution is 7.18. The third-order valence-corrected chi connectivity index (χ3v) is 9.53. The first-order chi connectivity index (χ1) is 22.8. The zero-order valence-electron chi connectivity index (χ0n) is 25.5. The Bertz CT molecular complexity index is 2090. The number of thiophene rings is 1. The maximum atomic E-state index is 12.9. The third kappa shape index (κ3) is 6.62. The number of hydrogen-bond acceptors (Lipinski definition) is 2. The number of benzene rings is 6. The van der Waals surface area contributed by atoms with Crippen LogP contribution in [0.25, 0.3) is 65.4 Å². The summed E-state index contributed by atoms with van der Waals surface area (Å²) < 4.78 is 44.0. The van der Waals surface area contributed by atoms with E-state index >= 15 is 0 Å². The molecule has 7 rings (SSSR count). The van der Waals surface area contributed by atoms with Gasteiger partial charge < -0.3 is 4.74 Å². The van der Waals surface area contributed by atoms with Crippen LogP contribution in [0.1, 0.15) is 5.56 Å². The molecule has 1 nitrogen and oxygen atoms in total. The van der Waals surface area contributed by atoms with Crippen LogP contribution in [-0.2, 0) is 6.18 Å². The molecule has 0 atom stereocenters. The summed E-state index contributed by atoms with van der Waals surface area (Å²) in [6.07, 6.45) is -4.33. The Morgan fingerprint density at radius 1 is 0.362 bits per heavy atom. The summed E-state index contributed by atoms with van der Waals surface area (Å²) in [5.74, 6) is 0.856. The van der Waals surface area contributed by atoms with Crippen molar-refractivity contribution >= 4 is 11.3 Å². The zero-order valence-corrected chi connectivity index (χ0v) is 26.3. The zero-order chi connectivity index (χ0) is 32.4. The van der Waals surface area contributed by atoms with Crippen molar-refractivity contribution in [1.29, 1.82) is 0 Å². The van der Waals surface area contributed by atoms with E-state index < -0.39 is 11.7 Å². The molecule has 0 saturated heterocycles. The van der Waals surface area contributed by atoms with Crippen LogP contribution in [0.15, 0.2) is 158 Å². The number of ether oxygens (including phenoxy) is 1. The molecule has 0 aliphatic heterocycles. The minimum Gasteiger partial charge on any atom is -0.497 e. The van der Waals surface area contributed by atoms with E-state index in [9.17, 15) is 13.2 Å². The fourth-order valence-electron chi connectivity index (χ4n) is 5.65. The van der Waals surface area contributed by atoms with Crippen LogP contribution < -0.4 is 4.74 Å². The summed E-state index contributed by atoms with van der Waals surface area (Å²) in [5.41, 5.74) is 10.1. The van der Waals surface area contributed by atoms with E-state index in [2.05, 4.69) is 97.1 Å². The van der Waals surface area contributed by atoms with Crippen LogP contribution in [0.3, 0.4) is 0 Å². The lowest BCUT2D eigenvalue weighted by molar-refractivity contribution is -0.137. The first kappa shape index (κ1) is 30.3. The van der Waals surface area contributed by atoms with E-state index in [1.807, 2.05) is 36.4 Å². The highest BCUT2D eigenvalue weighted by Gasteiger charge is 2.30. The van der Waals surface area contributed by atoms with Gasteiger partial charge in [0.1, 0.15) is 5.75 Å². The maximum Gasteiger partial charge on any atom is 0.416 e. The number of halogens is 3. The van der Waals surface area contributed by atoms with E-state index in [-0.39, 0.29) is 0 Å². The lowest BCUT2D eigenvalue weighted by Gasteiger charge is -2.09. The van der Waals surface area contributed by atoms with Crippen molar-refractivity contribution in [2.75, 3.05) is 7.11 Å². The van der Waals surface area contributed by atoms with Gasteiger partial charge in [0, 0.05) is 9.75 Å². The van der Waals surface area contributed by atoms with Gasteiger partial charge in [-0.3, -0.25) is 0 Å². The van der Waals surface area contributed by atoms with E-state index in [1.165, 1.54) is 38.6 Å². The molecule has 0 fully saturated rings. The average molecular weight is 639 g/mol. The predicted molar refractivity (Wildman–Crippen MR) is 188 cm³/mol. The molecular formula is C42H29F3OS. The van der Waals surface area contributed by atoms with Crippen molar-refractivity contribution in [3.05, 3.63) is 163 Å². The Labute approximate surface area is 276 Å². The molecule has 6 aromatic carbocycles. The Morgan fingerprint density at radius 3 is 0.894 bits per heavy atom. The summed E-state index contributed by atoms with van der Waals surface area (Å²) in [6, 6.07) is 51.4. The van der Waals surface area contributed by atoms with Gasteiger partial charge in [0.15, 0.2) is 0 Å². The predicted octanol–water partition coefficient (Wildman–Crippen LogP) is 12.8. The highest BCUT2D eigenvalue weighted by atomic mass is 32.1. The Morgan fingerprint density at radius 2 is 0.617 bits per heavy atom. The smallest absolute Gasteiger partial charge is 0.416 e. The molecule has 230 valence electrons. The van der Waals surface area contributed by atoms with Gasteiger partial charge in [-0.1, -0.05) is 109 Å². The topological polar surface area (TPSA) is 9.23 Å². The van der Waals surface area contributed by atoms with E-state index in [1.54, 1.807) is 18.4 Å². The molecule has 0 aliphatic rings. The van der Waals surface area contributed by atoms with Crippen molar-refractivity contribution in [1.82, 2.24) is 0 Å². The molecule has 7 aromatic rings. The summed E-state index contributed by atoms with van der Waals surface area (Å²) in [4.78, 5) is 2.46. The lowest BCUT2D eigenvalue weighted by Crippen LogP contribution is -2.03. The van der Waals surface area contributed by atoms with Crippen molar-refractivity contribution in [3.63, 3.8) is 0 Å².